The Morgan fingerprint density at radius 3 is 2.89 bits per heavy atom. The molecule has 0 radical (unpaired) electrons. The van der Waals surface area contributed by atoms with Gasteiger partial charge in [0.05, 0.1) is 6.17 Å². The molecular formula is C7H14N2. The van der Waals surface area contributed by atoms with Crippen LogP contribution in [0.2, 0.25) is 0 Å². The van der Waals surface area contributed by atoms with E-state index in [1.165, 1.54) is 32.2 Å². The Bertz CT molecular complexity index is 113. The van der Waals surface area contributed by atoms with Gasteiger partial charge in [-0.15, -0.1) is 0 Å². The second-order valence-electron chi connectivity index (χ2n) is 3.18. The van der Waals surface area contributed by atoms with E-state index in [9.17, 15) is 0 Å². The summed E-state index contributed by atoms with van der Waals surface area (Å²) in [5.41, 5.74) is 5.85. The molecule has 2 aliphatic rings. The van der Waals surface area contributed by atoms with Gasteiger partial charge in [-0.2, -0.15) is 0 Å². The molecule has 2 saturated heterocycles. The Hall–Kier alpha value is -0.0800. The van der Waals surface area contributed by atoms with Crippen molar-refractivity contribution in [2.75, 3.05) is 6.54 Å². The maximum Gasteiger partial charge on any atom is 0.0574 e. The van der Waals surface area contributed by atoms with Gasteiger partial charge in [-0.05, 0) is 32.2 Å². The van der Waals surface area contributed by atoms with Crippen LogP contribution in [0.15, 0.2) is 0 Å². The van der Waals surface area contributed by atoms with Gasteiger partial charge in [0.1, 0.15) is 0 Å². The van der Waals surface area contributed by atoms with Gasteiger partial charge in [-0.1, -0.05) is 0 Å². The van der Waals surface area contributed by atoms with Crippen LogP contribution in [-0.2, 0) is 0 Å². The maximum absolute atomic E-state index is 5.85. The van der Waals surface area contributed by atoms with Crippen molar-refractivity contribution in [1.29, 1.82) is 0 Å². The second kappa shape index (κ2) is 1.96. The highest BCUT2D eigenvalue weighted by Gasteiger charge is 2.33. The topological polar surface area (TPSA) is 29.3 Å². The van der Waals surface area contributed by atoms with Crippen molar-refractivity contribution in [3.63, 3.8) is 0 Å². The fraction of sp³-hybridized carbons (Fsp3) is 1.00. The van der Waals surface area contributed by atoms with E-state index in [4.69, 9.17) is 5.73 Å². The van der Waals surface area contributed by atoms with E-state index in [0.717, 1.165) is 6.04 Å². The maximum atomic E-state index is 5.85. The van der Waals surface area contributed by atoms with Crippen LogP contribution >= 0.6 is 0 Å². The summed E-state index contributed by atoms with van der Waals surface area (Å²) >= 11 is 0. The standard InChI is InChI=1S/C7H14N2/c8-7-4-3-6-2-1-5-9(6)7/h6-7H,1-5,8H2. The van der Waals surface area contributed by atoms with Crippen LogP contribution in [0.3, 0.4) is 0 Å². The Morgan fingerprint density at radius 1 is 1.22 bits per heavy atom. The van der Waals surface area contributed by atoms with Crippen molar-refractivity contribution >= 4 is 0 Å². The number of hydrogen-bond donors (Lipinski definition) is 1. The van der Waals surface area contributed by atoms with E-state index in [-0.39, 0.29) is 0 Å². The van der Waals surface area contributed by atoms with E-state index in [0.29, 0.717) is 6.17 Å². The molecule has 0 amide bonds. The quantitative estimate of drug-likeness (QED) is 0.513. The number of rotatable bonds is 0. The molecule has 0 bridgehead atoms. The SMILES string of the molecule is NC1CCC2CCCN12. The van der Waals surface area contributed by atoms with E-state index >= 15 is 0 Å². The zero-order valence-corrected chi connectivity index (χ0v) is 5.71. The summed E-state index contributed by atoms with van der Waals surface area (Å²) < 4.78 is 0. The van der Waals surface area contributed by atoms with Crippen molar-refractivity contribution in [2.45, 2.75) is 37.9 Å². The first-order valence-corrected chi connectivity index (χ1v) is 3.89. The van der Waals surface area contributed by atoms with Crippen molar-refractivity contribution in [3.8, 4) is 0 Å². The third-order valence-corrected chi connectivity index (χ3v) is 2.64. The molecule has 2 heteroatoms. The minimum absolute atomic E-state index is 0.400. The van der Waals surface area contributed by atoms with Crippen molar-refractivity contribution in [3.05, 3.63) is 0 Å². The Kier molecular flexibility index (Phi) is 1.24. The highest BCUT2D eigenvalue weighted by Crippen LogP contribution is 2.29. The molecule has 0 aromatic heterocycles. The lowest BCUT2D eigenvalue weighted by atomic mass is 10.1. The van der Waals surface area contributed by atoms with Crippen LogP contribution in [0.25, 0.3) is 0 Å². The van der Waals surface area contributed by atoms with E-state index in [1.807, 2.05) is 0 Å². The van der Waals surface area contributed by atoms with E-state index in [2.05, 4.69) is 4.90 Å². The molecule has 0 aromatic carbocycles. The molecule has 0 aromatic rings. The normalized spacial score (nSPS) is 43.7. The molecule has 2 N–H and O–H groups in total. The van der Waals surface area contributed by atoms with Gasteiger partial charge in [0.2, 0.25) is 0 Å². The van der Waals surface area contributed by atoms with Crippen LogP contribution < -0.4 is 5.73 Å². The lowest BCUT2D eigenvalue weighted by molar-refractivity contribution is 0.250. The lowest BCUT2D eigenvalue weighted by Gasteiger charge is -2.18. The predicted octanol–water partition coefficient (Wildman–Crippen LogP) is 0.529. The van der Waals surface area contributed by atoms with Gasteiger partial charge < -0.3 is 5.73 Å². The van der Waals surface area contributed by atoms with Crippen LogP contribution in [0, 0.1) is 0 Å². The highest BCUT2D eigenvalue weighted by atomic mass is 15.3. The third-order valence-electron chi connectivity index (χ3n) is 2.64. The van der Waals surface area contributed by atoms with Gasteiger partial charge in [0.25, 0.3) is 0 Å². The van der Waals surface area contributed by atoms with E-state index in [1.54, 1.807) is 0 Å². The minimum Gasteiger partial charge on any atom is -0.316 e. The summed E-state index contributed by atoms with van der Waals surface area (Å²) in [4.78, 5) is 2.46. The molecule has 2 unspecified atom stereocenters. The number of hydrogen-bond acceptors (Lipinski definition) is 2. The largest absolute Gasteiger partial charge is 0.316 e. The number of nitrogens with zero attached hydrogens (tertiary/aromatic N) is 1. The van der Waals surface area contributed by atoms with E-state index < -0.39 is 0 Å². The molecule has 2 fully saturated rings. The fourth-order valence-corrected chi connectivity index (χ4v) is 2.13. The summed E-state index contributed by atoms with van der Waals surface area (Å²) in [6.45, 7) is 1.26. The molecule has 0 saturated carbocycles. The molecule has 0 spiro atoms. The van der Waals surface area contributed by atoms with Gasteiger partial charge >= 0.3 is 0 Å². The molecular weight excluding hydrogens is 112 g/mol. The van der Waals surface area contributed by atoms with Crippen LogP contribution in [0.1, 0.15) is 25.7 Å². The molecule has 52 valence electrons. The van der Waals surface area contributed by atoms with Gasteiger partial charge in [0, 0.05) is 6.04 Å². The molecule has 2 atom stereocenters. The smallest absolute Gasteiger partial charge is 0.0574 e. The predicted molar refractivity (Wildman–Crippen MR) is 36.9 cm³/mol. The van der Waals surface area contributed by atoms with Crippen LogP contribution in [-0.4, -0.2) is 23.7 Å². The Labute approximate surface area is 56.0 Å². The molecule has 2 rings (SSSR count). The van der Waals surface area contributed by atoms with Gasteiger partial charge in [0.15, 0.2) is 0 Å². The number of fused-ring (bicyclic) bond motifs is 1. The molecule has 9 heavy (non-hydrogen) atoms. The Morgan fingerprint density at radius 2 is 2.11 bits per heavy atom. The van der Waals surface area contributed by atoms with Gasteiger partial charge in [-0.25, -0.2) is 0 Å². The van der Waals surface area contributed by atoms with Gasteiger partial charge in [-0.3, -0.25) is 4.90 Å². The monoisotopic (exact) mass is 126 g/mol. The summed E-state index contributed by atoms with van der Waals surface area (Å²) in [6.07, 6.45) is 5.75. The average molecular weight is 126 g/mol. The summed E-state index contributed by atoms with van der Waals surface area (Å²) in [6, 6.07) is 0.861. The number of nitrogens with two attached hydrogens (primary N) is 1. The fourth-order valence-electron chi connectivity index (χ4n) is 2.13. The van der Waals surface area contributed by atoms with Crippen LogP contribution in [0.4, 0.5) is 0 Å². The minimum atomic E-state index is 0.400. The zero-order chi connectivity index (χ0) is 6.27. The van der Waals surface area contributed by atoms with Crippen molar-refractivity contribution < 1.29 is 0 Å². The first kappa shape index (κ1) is 5.69. The summed E-state index contributed by atoms with van der Waals surface area (Å²) in [7, 11) is 0. The average Bonchev–Trinajstić information content (AvgIpc) is 2.35. The highest BCUT2D eigenvalue weighted by molar-refractivity contribution is 4.88. The first-order valence-electron chi connectivity index (χ1n) is 3.89. The first-order chi connectivity index (χ1) is 4.38. The second-order valence-corrected chi connectivity index (χ2v) is 3.18. The summed E-state index contributed by atoms with van der Waals surface area (Å²) in [5.74, 6) is 0. The lowest BCUT2D eigenvalue weighted by Crippen LogP contribution is -2.37. The molecule has 2 aliphatic heterocycles. The summed E-state index contributed by atoms with van der Waals surface area (Å²) in [5, 5.41) is 0. The van der Waals surface area contributed by atoms with Crippen molar-refractivity contribution in [1.82, 2.24) is 4.90 Å². The van der Waals surface area contributed by atoms with Crippen LogP contribution in [0.5, 0.6) is 0 Å². The molecule has 0 aliphatic carbocycles. The molecule has 2 heterocycles. The Balaban J connectivity index is 2.07. The van der Waals surface area contributed by atoms with Crippen molar-refractivity contribution in [2.24, 2.45) is 5.73 Å². The zero-order valence-electron chi connectivity index (χ0n) is 5.71. The molecule has 2 nitrogen and oxygen atoms in total. The third kappa shape index (κ3) is 0.775.